The number of para-hydroxylation sites is 1. The van der Waals surface area contributed by atoms with Gasteiger partial charge in [0, 0.05) is 17.3 Å². The summed E-state index contributed by atoms with van der Waals surface area (Å²) in [4.78, 5) is 44.8. The summed E-state index contributed by atoms with van der Waals surface area (Å²) in [7, 11) is 0. The van der Waals surface area contributed by atoms with Crippen molar-refractivity contribution in [3.05, 3.63) is 96.7 Å². The molecule has 8 nitrogen and oxygen atoms in total. The summed E-state index contributed by atoms with van der Waals surface area (Å²) in [6.45, 7) is 5.28. The number of H-pyrrole nitrogens is 2. The second kappa shape index (κ2) is 9.51. The Morgan fingerprint density at radius 1 is 1.15 bits per heavy atom. The number of primary amides is 1. The van der Waals surface area contributed by atoms with Crippen LogP contribution < -0.4 is 17.0 Å². The number of nitrogens with one attached hydrogen (secondary N) is 2. The number of benzene rings is 2. The molecule has 1 amide bonds. The standard InChI is InChI=1S/C31H32F2N4O4/c1-14-16(6-5-9-23(14)37-29(39)18-7-4-8-20(32)26(18)36-30(37)40)24-21(33)13-19(28(34)38)27-25(24)17-11-10-15(31(2,3)41)12-22(17)35-27/h4-9,15,19,21,24,35,41H,10-13H2,1-3H3,(H2,34,38)(H,36,40)/t15-,19+,21?,24?/m1/s1. The molecular formula is C31H32F2N4O4. The van der Waals surface area contributed by atoms with Crippen molar-refractivity contribution in [2.75, 3.05) is 0 Å². The second-order valence-electron chi connectivity index (χ2n) is 11.9. The van der Waals surface area contributed by atoms with Crippen LogP contribution in [0.2, 0.25) is 0 Å². The molecule has 2 aliphatic carbocycles. The summed E-state index contributed by atoms with van der Waals surface area (Å²) in [5, 5.41) is 10.7. The van der Waals surface area contributed by atoms with E-state index in [1.165, 1.54) is 12.1 Å². The molecule has 41 heavy (non-hydrogen) atoms. The smallest absolute Gasteiger partial charge is 0.333 e. The van der Waals surface area contributed by atoms with Gasteiger partial charge in [0.1, 0.15) is 12.0 Å². The van der Waals surface area contributed by atoms with E-state index in [9.17, 15) is 23.9 Å². The van der Waals surface area contributed by atoms with Crippen molar-refractivity contribution >= 4 is 16.8 Å². The van der Waals surface area contributed by atoms with E-state index < -0.39 is 46.6 Å². The first-order valence-corrected chi connectivity index (χ1v) is 13.8. The SMILES string of the molecule is Cc1c(C2c3c([nH]c4c3CC[C@@H](C(C)(C)O)C4)[C@@H](C(N)=O)CC2F)cccc1-n1c(=O)[nH]c2c(F)cccc2c1=O. The van der Waals surface area contributed by atoms with Gasteiger partial charge < -0.3 is 20.8 Å². The maximum atomic E-state index is 16.2. The number of hydrogen-bond acceptors (Lipinski definition) is 4. The summed E-state index contributed by atoms with van der Waals surface area (Å²) in [5.74, 6) is -2.93. The number of carbonyl (C=O) groups excluding carboxylic acids is 1. The number of rotatable bonds is 4. The molecular weight excluding hydrogens is 530 g/mol. The lowest BCUT2D eigenvalue weighted by Crippen LogP contribution is -2.36. The van der Waals surface area contributed by atoms with Crippen LogP contribution in [0.4, 0.5) is 8.78 Å². The number of aliphatic hydroxyl groups is 1. The largest absolute Gasteiger partial charge is 0.390 e. The number of fused-ring (bicyclic) bond motifs is 4. The fraction of sp³-hybridized carbons (Fsp3) is 0.387. The van der Waals surface area contributed by atoms with Gasteiger partial charge in [0.25, 0.3) is 5.56 Å². The van der Waals surface area contributed by atoms with Gasteiger partial charge in [-0.2, -0.15) is 0 Å². The van der Waals surface area contributed by atoms with E-state index in [0.717, 1.165) is 21.9 Å². The summed E-state index contributed by atoms with van der Waals surface area (Å²) in [6, 6.07) is 9.03. The van der Waals surface area contributed by atoms with E-state index in [2.05, 4.69) is 9.97 Å². The Morgan fingerprint density at radius 3 is 2.59 bits per heavy atom. The lowest BCUT2D eigenvalue weighted by Gasteiger charge is -2.35. The molecule has 4 atom stereocenters. The van der Waals surface area contributed by atoms with Gasteiger partial charge in [0.15, 0.2) is 0 Å². The molecule has 2 aromatic carbocycles. The lowest BCUT2D eigenvalue weighted by atomic mass is 9.70. The summed E-state index contributed by atoms with van der Waals surface area (Å²) >= 11 is 0. The molecule has 0 saturated carbocycles. The van der Waals surface area contributed by atoms with E-state index in [0.29, 0.717) is 41.6 Å². The Labute approximate surface area is 234 Å². The van der Waals surface area contributed by atoms with Gasteiger partial charge in [-0.15, -0.1) is 0 Å². The highest BCUT2D eigenvalue weighted by molar-refractivity contribution is 5.83. The predicted molar refractivity (Wildman–Crippen MR) is 151 cm³/mol. The third-order valence-corrected chi connectivity index (χ3v) is 9.09. The summed E-state index contributed by atoms with van der Waals surface area (Å²) < 4.78 is 31.5. The Bertz CT molecular complexity index is 1830. The van der Waals surface area contributed by atoms with Crippen LogP contribution in [0, 0.1) is 18.7 Å². The number of amides is 1. The van der Waals surface area contributed by atoms with Crippen LogP contribution in [-0.2, 0) is 17.6 Å². The first-order valence-electron chi connectivity index (χ1n) is 13.8. The quantitative estimate of drug-likeness (QED) is 0.301. The Balaban J connectivity index is 1.54. The van der Waals surface area contributed by atoms with Crippen molar-refractivity contribution in [3.8, 4) is 5.69 Å². The van der Waals surface area contributed by atoms with Gasteiger partial charge in [-0.3, -0.25) is 9.59 Å². The first-order chi connectivity index (χ1) is 19.4. The number of halogens is 2. The summed E-state index contributed by atoms with van der Waals surface area (Å²) in [5.41, 5.74) is 7.62. The lowest BCUT2D eigenvalue weighted by molar-refractivity contribution is -0.120. The molecule has 0 saturated heterocycles. The van der Waals surface area contributed by atoms with Crippen molar-refractivity contribution in [2.24, 2.45) is 11.7 Å². The second-order valence-corrected chi connectivity index (χ2v) is 11.9. The predicted octanol–water partition coefficient (Wildman–Crippen LogP) is 3.77. The minimum atomic E-state index is -1.46. The fourth-order valence-corrected chi connectivity index (χ4v) is 6.90. The molecule has 2 unspecified atom stereocenters. The minimum Gasteiger partial charge on any atom is -0.390 e. The van der Waals surface area contributed by atoms with Crippen LogP contribution in [0.15, 0.2) is 46.0 Å². The van der Waals surface area contributed by atoms with Crippen LogP contribution in [0.1, 0.15) is 72.2 Å². The Kier molecular flexibility index (Phi) is 6.29. The Morgan fingerprint density at radius 2 is 1.88 bits per heavy atom. The third-order valence-electron chi connectivity index (χ3n) is 9.09. The topological polar surface area (TPSA) is 134 Å². The monoisotopic (exact) mass is 562 g/mol. The van der Waals surface area contributed by atoms with Crippen LogP contribution in [0.25, 0.3) is 16.6 Å². The average molecular weight is 563 g/mol. The third kappa shape index (κ3) is 4.23. The van der Waals surface area contributed by atoms with Crippen molar-refractivity contribution in [3.63, 3.8) is 0 Å². The zero-order chi connectivity index (χ0) is 29.4. The first kappa shape index (κ1) is 27.1. The highest BCUT2D eigenvalue weighted by Gasteiger charge is 2.44. The van der Waals surface area contributed by atoms with Crippen LogP contribution in [0.3, 0.4) is 0 Å². The highest BCUT2D eigenvalue weighted by atomic mass is 19.1. The van der Waals surface area contributed by atoms with Gasteiger partial charge in [0.05, 0.1) is 28.1 Å². The zero-order valence-electron chi connectivity index (χ0n) is 23.1. The van der Waals surface area contributed by atoms with Crippen molar-refractivity contribution in [1.29, 1.82) is 0 Å². The number of hydrogen-bond donors (Lipinski definition) is 4. The molecule has 4 aromatic rings. The highest BCUT2D eigenvalue weighted by Crippen LogP contribution is 2.49. The van der Waals surface area contributed by atoms with Crippen LogP contribution >= 0.6 is 0 Å². The van der Waals surface area contributed by atoms with Crippen molar-refractivity contribution in [1.82, 2.24) is 14.5 Å². The number of nitrogens with zero attached hydrogens (tertiary/aromatic N) is 1. The molecule has 214 valence electrons. The van der Waals surface area contributed by atoms with Crippen molar-refractivity contribution < 1.29 is 18.7 Å². The fourth-order valence-electron chi connectivity index (χ4n) is 6.90. The zero-order valence-corrected chi connectivity index (χ0v) is 23.1. The van der Waals surface area contributed by atoms with Gasteiger partial charge in [0.2, 0.25) is 5.91 Å². The molecule has 0 aliphatic heterocycles. The molecule has 0 radical (unpaired) electrons. The molecule has 5 N–H and O–H groups in total. The number of aromatic amines is 2. The molecule has 2 aliphatic rings. The molecule has 0 bridgehead atoms. The van der Waals surface area contributed by atoms with Gasteiger partial charge in [-0.05, 0) is 92.8 Å². The molecule has 0 fully saturated rings. The number of carbonyl (C=O) groups is 1. The normalized spacial score (nSPS) is 22.4. The number of alkyl halides is 1. The minimum absolute atomic E-state index is 0.0110. The van der Waals surface area contributed by atoms with E-state index >= 15 is 4.39 Å². The molecule has 6 rings (SSSR count). The molecule has 10 heteroatoms. The van der Waals surface area contributed by atoms with E-state index in [1.807, 2.05) is 0 Å². The Hall–Kier alpha value is -4.05. The van der Waals surface area contributed by atoms with Crippen LogP contribution in [0.5, 0.6) is 0 Å². The molecule has 2 heterocycles. The number of nitrogens with two attached hydrogens (primary N) is 1. The van der Waals surface area contributed by atoms with E-state index in [-0.39, 0.29) is 28.9 Å². The van der Waals surface area contributed by atoms with E-state index in [1.54, 1.807) is 39.0 Å². The molecule has 2 aromatic heterocycles. The van der Waals surface area contributed by atoms with Crippen LogP contribution in [-0.4, -0.2) is 37.3 Å². The van der Waals surface area contributed by atoms with Crippen molar-refractivity contribution in [2.45, 2.75) is 70.1 Å². The average Bonchev–Trinajstić information content (AvgIpc) is 3.28. The maximum Gasteiger partial charge on any atom is 0.333 e. The van der Waals surface area contributed by atoms with Gasteiger partial charge >= 0.3 is 5.69 Å². The summed E-state index contributed by atoms with van der Waals surface area (Å²) in [6.07, 6.45) is 0.280. The van der Waals surface area contributed by atoms with Gasteiger partial charge in [-0.25, -0.2) is 18.1 Å². The number of aromatic nitrogens is 3. The molecule has 0 spiro atoms. The van der Waals surface area contributed by atoms with E-state index in [4.69, 9.17) is 5.73 Å². The van der Waals surface area contributed by atoms with Gasteiger partial charge in [-0.1, -0.05) is 18.2 Å². The maximum absolute atomic E-state index is 16.2.